The van der Waals surface area contributed by atoms with Crippen molar-refractivity contribution in [2.45, 2.75) is 32.6 Å². The van der Waals surface area contributed by atoms with E-state index in [9.17, 15) is 4.79 Å². The Morgan fingerprint density at radius 3 is 2.71 bits per heavy atom. The van der Waals surface area contributed by atoms with Crippen LogP contribution in [0.1, 0.15) is 32.6 Å². The molecular weight excluding hydrogens is 332 g/mol. The van der Waals surface area contributed by atoms with Gasteiger partial charge in [-0.05, 0) is 59.7 Å². The Morgan fingerprint density at radius 1 is 1.48 bits per heavy atom. The monoisotopic (exact) mass is 354 g/mol. The van der Waals surface area contributed by atoms with Crippen molar-refractivity contribution in [3.63, 3.8) is 0 Å². The number of anilines is 1. The number of halogens is 1. The summed E-state index contributed by atoms with van der Waals surface area (Å²) in [5, 5.41) is 3.02. The van der Waals surface area contributed by atoms with E-state index < -0.39 is 5.41 Å². The highest BCUT2D eigenvalue weighted by molar-refractivity contribution is 9.10. The Morgan fingerprint density at radius 2 is 2.14 bits per heavy atom. The molecule has 3 N–H and O–H groups in total. The molecule has 5 heteroatoms. The average Bonchev–Trinajstić information content (AvgIpc) is 2.50. The topological polar surface area (TPSA) is 64.3 Å². The minimum atomic E-state index is -0.435. The summed E-state index contributed by atoms with van der Waals surface area (Å²) in [6, 6.07) is 5.53. The average molecular weight is 355 g/mol. The third-order valence-corrected chi connectivity index (χ3v) is 5.22. The van der Waals surface area contributed by atoms with Gasteiger partial charge in [-0.3, -0.25) is 4.79 Å². The minimum absolute atomic E-state index is 0.0193. The number of rotatable bonds is 4. The maximum Gasteiger partial charge on any atom is 0.231 e. The van der Waals surface area contributed by atoms with Crippen LogP contribution in [0.15, 0.2) is 22.7 Å². The third kappa shape index (κ3) is 3.58. The molecule has 0 radical (unpaired) electrons. The maximum absolute atomic E-state index is 12.7. The molecule has 0 bridgehead atoms. The molecule has 0 atom stereocenters. The van der Waals surface area contributed by atoms with Crippen LogP contribution in [0.5, 0.6) is 5.75 Å². The maximum atomic E-state index is 12.7. The van der Waals surface area contributed by atoms with Gasteiger partial charge in [0.1, 0.15) is 5.75 Å². The van der Waals surface area contributed by atoms with E-state index in [1.807, 2.05) is 18.2 Å². The van der Waals surface area contributed by atoms with Gasteiger partial charge in [0.15, 0.2) is 0 Å². The summed E-state index contributed by atoms with van der Waals surface area (Å²) in [7, 11) is 1.61. The smallest absolute Gasteiger partial charge is 0.231 e. The zero-order valence-electron chi connectivity index (χ0n) is 12.6. The van der Waals surface area contributed by atoms with Crippen LogP contribution >= 0.6 is 15.9 Å². The standard InChI is InChI=1S/C16H23BrN2O2/c1-11-5-7-16(10-18,8-6-11)15(20)19-14-9-12(21-2)3-4-13(14)17/h3-4,9,11H,5-8,10,18H2,1-2H3,(H,19,20). The molecule has 4 nitrogen and oxygen atoms in total. The molecule has 0 saturated heterocycles. The quantitative estimate of drug-likeness (QED) is 0.868. The minimum Gasteiger partial charge on any atom is -0.497 e. The summed E-state index contributed by atoms with van der Waals surface area (Å²) in [6.07, 6.45) is 3.84. The predicted molar refractivity (Wildman–Crippen MR) is 88.4 cm³/mol. The molecule has 1 aliphatic carbocycles. The highest BCUT2D eigenvalue weighted by Crippen LogP contribution is 2.39. The van der Waals surface area contributed by atoms with Crippen LogP contribution in [0.3, 0.4) is 0 Å². The van der Waals surface area contributed by atoms with Crippen molar-refractivity contribution in [1.82, 2.24) is 0 Å². The Bertz CT molecular complexity index is 511. The molecule has 1 aliphatic rings. The summed E-state index contributed by atoms with van der Waals surface area (Å²) >= 11 is 3.46. The molecule has 21 heavy (non-hydrogen) atoms. The van der Waals surface area contributed by atoms with Gasteiger partial charge in [0.05, 0.1) is 18.2 Å². The van der Waals surface area contributed by atoms with E-state index >= 15 is 0 Å². The van der Waals surface area contributed by atoms with Crippen LogP contribution < -0.4 is 15.8 Å². The number of hydrogen-bond donors (Lipinski definition) is 2. The zero-order chi connectivity index (χ0) is 15.5. The molecule has 0 heterocycles. The molecule has 1 amide bonds. The first-order valence-electron chi connectivity index (χ1n) is 7.36. The summed E-state index contributed by atoms with van der Waals surface area (Å²) in [4.78, 5) is 12.7. The lowest BCUT2D eigenvalue weighted by atomic mass is 9.70. The number of nitrogens with one attached hydrogen (secondary N) is 1. The van der Waals surface area contributed by atoms with Crippen LogP contribution in [0.2, 0.25) is 0 Å². The number of hydrogen-bond acceptors (Lipinski definition) is 3. The van der Waals surface area contributed by atoms with Crippen molar-refractivity contribution in [1.29, 1.82) is 0 Å². The molecule has 2 rings (SSSR count). The van der Waals surface area contributed by atoms with Crippen molar-refractivity contribution in [3.8, 4) is 5.75 Å². The second-order valence-electron chi connectivity index (χ2n) is 5.97. The molecular formula is C16H23BrN2O2. The fourth-order valence-corrected chi connectivity index (χ4v) is 3.17. The van der Waals surface area contributed by atoms with Crippen LogP contribution in [-0.4, -0.2) is 19.6 Å². The Labute approximate surface area is 134 Å². The van der Waals surface area contributed by atoms with Gasteiger partial charge in [-0.25, -0.2) is 0 Å². The number of amides is 1. The molecule has 116 valence electrons. The molecule has 1 aromatic carbocycles. The second-order valence-corrected chi connectivity index (χ2v) is 6.82. The Balaban J connectivity index is 2.16. The summed E-state index contributed by atoms with van der Waals surface area (Å²) in [6.45, 7) is 2.63. The van der Waals surface area contributed by atoms with Gasteiger partial charge in [-0.1, -0.05) is 6.92 Å². The Hall–Kier alpha value is -1.07. The summed E-state index contributed by atoms with van der Waals surface area (Å²) in [5.41, 5.74) is 6.23. The SMILES string of the molecule is COc1ccc(Br)c(NC(=O)C2(CN)CCC(C)CC2)c1. The largest absolute Gasteiger partial charge is 0.497 e. The van der Waals surface area contributed by atoms with Crippen LogP contribution in [0, 0.1) is 11.3 Å². The van der Waals surface area contributed by atoms with Gasteiger partial charge in [0, 0.05) is 17.1 Å². The number of ether oxygens (including phenoxy) is 1. The predicted octanol–water partition coefficient (Wildman–Crippen LogP) is 3.55. The van der Waals surface area contributed by atoms with Gasteiger partial charge in [-0.15, -0.1) is 0 Å². The van der Waals surface area contributed by atoms with Crippen molar-refractivity contribution < 1.29 is 9.53 Å². The van der Waals surface area contributed by atoms with Crippen molar-refractivity contribution in [2.75, 3.05) is 19.0 Å². The highest BCUT2D eigenvalue weighted by atomic mass is 79.9. The number of benzene rings is 1. The first-order valence-corrected chi connectivity index (χ1v) is 8.15. The molecule has 0 aliphatic heterocycles. The van der Waals surface area contributed by atoms with Gasteiger partial charge in [-0.2, -0.15) is 0 Å². The molecule has 0 aromatic heterocycles. The van der Waals surface area contributed by atoms with E-state index in [1.54, 1.807) is 7.11 Å². The second kappa shape index (κ2) is 6.79. The van der Waals surface area contributed by atoms with Gasteiger partial charge in [0.2, 0.25) is 5.91 Å². The van der Waals surface area contributed by atoms with Gasteiger partial charge >= 0.3 is 0 Å². The van der Waals surface area contributed by atoms with E-state index in [0.717, 1.165) is 35.8 Å². The third-order valence-electron chi connectivity index (χ3n) is 4.53. The lowest BCUT2D eigenvalue weighted by molar-refractivity contribution is -0.127. The van der Waals surface area contributed by atoms with Gasteiger partial charge < -0.3 is 15.8 Å². The van der Waals surface area contributed by atoms with E-state index in [4.69, 9.17) is 10.5 Å². The normalized spacial score (nSPS) is 25.4. The number of nitrogens with two attached hydrogens (primary N) is 1. The van der Waals surface area contributed by atoms with E-state index in [-0.39, 0.29) is 5.91 Å². The zero-order valence-corrected chi connectivity index (χ0v) is 14.2. The highest BCUT2D eigenvalue weighted by Gasteiger charge is 2.40. The molecule has 1 saturated carbocycles. The van der Waals surface area contributed by atoms with Crippen LogP contribution in [0.4, 0.5) is 5.69 Å². The molecule has 0 spiro atoms. The fourth-order valence-electron chi connectivity index (χ4n) is 2.82. The van der Waals surface area contributed by atoms with E-state index in [0.29, 0.717) is 18.2 Å². The summed E-state index contributed by atoms with van der Waals surface area (Å²) in [5.74, 6) is 1.42. The van der Waals surface area contributed by atoms with Crippen molar-refractivity contribution >= 4 is 27.5 Å². The lowest BCUT2D eigenvalue weighted by Crippen LogP contribution is -2.44. The van der Waals surface area contributed by atoms with Crippen LogP contribution in [-0.2, 0) is 4.79 Å². The number of methoxy groups -OCH3 is 1. The molecule has 0 unspecified atom stereocenters. The van der Waals surface area contributed by atoms with E-state index in [2.05, 4.69) is 28.2 Å². The first kappa shape index (κ1) is 16.3. The van der Waals surface area contributed by atoms with Crippen molar-refractivity contribution in [3.05, 3.63) is 22.7 Å². The number of carbonyl (C=O) groups excluding carboxylic acids is 1. The van der Waals surface area contributed by atoms with Crippen LogP contribution in [0.25, 0.3) is 0 Å². The van der Waals surface area contributed by atoms with Gasteiger partial charge in [0.25, 0.3) is 0 Å². The summed E-state index contributed by atoms with van der Waals surface area (Å²) < 4.78 is 6.05. The number of carbonyl (C=O) groups is 1. The lowest BCUT2D eigenvalue weighted by Gasteiger charge is -2.37. The molecule has 1 fully saturated rings. The van der Waals surface area contributed by atoms with E-state index in [1.165, 1.54) is 0 Å². The van der Waals surface area contributed by atoms with Crippen molar-refractivity contribution in [2.24, 2.45) is 17.1 Å². The Kier molecular flexibility index (Phi) is 5.27. The first-order chi connectivity index (χ1) is 10.0. The molecule has 1 aromatic rings. The fraction of sp³-hybridized carbons (Fsp3) is 0.562.